The lowest BCUT2D eigenvalue weighted by Crippen LogP contribution is -1.97. The molecule has 0 aliphatic rings. The van der Waals surface area contributed by atoms with Gasteiger partial charge in [-0.3, -0.25) is 0 Å². The minimum atomic E-state index is 0.908. The third-order valence-corrected chi connectivity index (χ3v) is 24.7. The zero-order chi connectivity index (χ0) is 83.5. The Bertz CT molecular complexity index is 7270. The van der Waals surface area contributed by atoms with Crippen molar-refractivity contribution in [3.05, 3.63) is 482 Å². The molecule has 0 saturated carbocycles. The highest BCUT2D eigenvalue weighted by atomic mass is 79.9. The van der Waals surface area contributed by atoms with Gasteiger partial charge in [-0.15, -0.1) is 0 Å². The molecule has 23 rings (SSSR count). The van der Waals surface area contributed by atoms with Crippen LogP contribution in [0.3, 0.4) is 0 Å². The van der Waals surface area contributed by atoms with Crippen LogP contribution in [0.1, 0.15) is 0 Å². The van der Waals surface area contributed by atoms with Crippen molar-refractivity contribution in [1.82, 2.24) is 24.1 Å². The monoisotopic (exact) mass is 1720 g/mol. The number of fused-ring (bicyclic) bond motifs is 9. The Morgan fingerprint density at radius 1 is 0.160 bits per heavy atom. The lowest BCUT2D eigenvalue weighted by Gasteiger charge is -2.14. The maximum absolute atomic E-state index is 5.56. The van der Waals surface area contributed by atoms with Crippen LogP contribution >= 0.6 is 31.9 Å². The standard InChI is InChI=1S/C71H47N3.C24H17N.C23H15Br2N/c1-6-18-48(19-7-1)53-32-36-68-62(42-53)63-43-54(49-20-8-2-9-21-49)33-37-69(63)73(68)60-30-16-28-57(40-60)66-46-59(52-26-14-5-15-27-52)47-67(72-66)58-29-17-31-61(41-58)74-70-38-34-55(50-22-10-3-11-23-50)44-64(70)65-45-56(35-39-71(65)74)51-24-12-4-13-25-51;1-3-7-17(8-4-1)19-11-13-23-21(15-19)22-16-20(12-14-24(22)25-23)18-9-5-2-6-10-18;24-20-10-4-8-17(12-20)22-14-19(16-6-2-1-3-7-16)15-23(26-22)18-9-5-11-21(25)13-18/h1-47H;1-16,25H;1-15H. The van der Waals surface area contributed by atoms with Crippen molar-refractivity contribution < 1.29 is 0 Å². The van der Waals surface area contributed by atoms with Crippen LogP contribution in [-0.2, 0) is 0 Å². The molecule has 5 aromatic heterocycles. The number of aromatic nitrogens is 5. The second kappa shape index (κ2) is 34.3. The number of benzene rings is 18. The van der Waals surface area contributed by atoms with Gasteiger partial charge in [0.15, 0.2) is 0 Å². The molecule has 5 heterocycles. The summed E-state index contributed by atoms with van der Waals surface area (Å²) >= 11 is 7.12. The third kappa shape index (κ3) is 15.9. The number of halogens is 2. The van der Waals surface area contributed by atoms with Crippen molar-refractivity contribution in [2.45, 2.75) is 0 Å². The van der Waals surface area contributed by atoms with E-state index in [0.29, 0.717) is 0 Å². The highest BCUT2D eigenvalue weighted by Gasteiger charge is 2.21. The van der Waals surface area contributed by atoms with Gasteiger partial charge in [-0.25, -0.2) is 9.97 Å². The van der Waals surface area contributed by atoms with E-state index in [4.69, 9.17) is 9.97 Å². The molecule has 0 aliphatic heterocycles. The summed E-state index contributed by atoms with van der Waals surface area (Å²) in [5.74, 6) is 0. The molecule has 590 valence electrons. The van der Waals surface area contributed by atoms with Crippen LogP contribution in [0.2, 0.25) is 0 Å². The maximum Gasteiger partial charge on any atom is 0.0716 e. The van der Waals surface area contributed by atoms with Crippen molar-refractivity contribution in [1.29, 1.82) is 0 Å². The molecule has 7 heteroatoms. The number of hydrogen-bond acceptors (Lipinski definition) is 2. The Hall–Kier alpha value is -15.4. The largest absolute Gasteiger partial charge is 0.355 e. The molecule has 0 aliphatic carbocycles. The van der Waals surface area contributed by atoms with Gasteiger partial charge in [-0.2, -0.15) is 0 Å². The third-order valence-electron chi connectivity index (χ3n) is 23.7. The molecule has 18 aromatic carbocycles. The van der Waals surface area contributed by atoms with Crippen LogP contribution in [0, 0.1) is 0 Å². The van der Waals surface area contributed by atoms with E-state index in [9.17, 15) is 0 Å². The molecule has 23 aromatic rings. The summed E-state index contributed by atoms with van der Waals surface area (Å²) in [5.41, 5.74) is 36.3. The van der Waals surface area contributed by atoms with Crippen LogP contribution in [0.4, 0.5) is 0 Å². The lowest BCUT2D eigenvalue weighted by molar-refractivity contribution is 1.17. The normalized spacial score (nSPS) is 11.3. The zero-order valence-electron chi connectivity index (χ0n) is 68.1. The van der Waals surface area contributed by atoms with E-state index in [1.54, 1.807) is 0 Å². The quantitative estimate of drug-likeness (QED) is 0.118. The molecule has 0 bridgehead atoms. The first-order chi connectivity index (χ1) is 61.7. The Morgan fingerprint density at radius 2 is 0.376 bits per heavy atom. The first-order valence-corrected chi connectivity index (χ1v) is 43.8. The first-order valence-electron chi connectivity index (χ1n) is 42.2. The van der Waals surface area contributed by atoms with Gasteiger partial charge in [0, 0.05) is 85.9 Å². The predicted octanol–water partition coefficient (Wildman–Crippen LogP) is 33.2. The average molecular weight is 1730 g/mol. The molecule has 0 fully saturated rings. The topological polar surface area (TPSA) is 51.4 Å². The van der Waals surface area contributed by atoms with Gasteiger partial charge in [0.2, 0.25) is 0 Å². The summed E-state index contributed by atoms with van der Waals surface area (Å²) in [6, 6.07) is 169. The minimum Gasteiger partial charge on any atom is -0.355 e. The van der Waals surface area contributed by atoms with Gasteiger partial charge in [0.1, 0.15) is 0 Å². The highest BCUT2D eigenvalue weighted by Crippen LogP contribution is 2.43. The number of nitrogens with one attached hydrogen (secondary N) is 1. The number of H-pyrrole nitrogens is 1. The summed E-state index contributed by atoms with van der Waals surface area (Å²) in [4.78, 5) is 14.0. The van der Waals surface area contributed by atoms with Crippen LogP contribution in [0.15, 0.2) is 482 Å². The van der Waals surface area contributed by atoms with Crippen LogP contribution in [0.25, 0.3) is 211 Å². The zero-order valence-corrected chi connectivity index (χ0v) is 71.3. The number of aromatic amines is 1. The lowest BCUT2D eigenvalue weighted by atomic mass is 9.99. The fourth-order valence-corrected chi connectivity index (χ4v) is 18.3. The number of rotatable bonds is 14. The van der Waals surface area contributed by atoms with Crippen molar-refractivity contribution >= 4 is 97.3 Å². The summed E-state index contributed by atoms with van der Waals surface area (Å²) in [6.45, 7) is 0. The molecule has 5 nitrogen and oxygen atoms in total. The van der Waals surface area contributed by atoms with E-state index in [1.807, 2.05) is 30.3 Å². The molecular formula is C118H79Br2N5. The molecule has 0 radical (unpaired) electrons. The van der Waals surface area contributed by atoms with Crippen molar-refractivity contribution in [2.75, 3.05) is 0 Å². The minimum absolute atomic E-state index is 0.908. The smallest absolute Gasteiger partial charge is 0.0716 e. The second-order valence-corrected chi connectivity index (χ2v) is 33.4. The number of hydrogen-bond donors (Lipinski definition) is 1. The SMILES string of the molecule is Brc1cccc(-c2cc(-c3ccccc3)cc(-c3cccc(Br)c3)n2)c1.c1ccc(-c2cc(-c3cccc(-n4c5ccc(-c6ccccc6)cc5c5cc(-c6ccccc6)ccc54)c3)nc(-c3cccc(-n4c5ccc(-c6ccccc6)cc5c5cc(-c6ccccc6)ccc54)c3)c2)cc1.c1ccc(-c2ccc3[nH]c4ccc(-c5ccccc5)cc4c3c2)cc1. The van der Waals surface area contributed by atoms with Crippen molar-refractivity contribution in [2.24, 2.45) is 0 Å². The Labute approximate surface area is 743 Å². The van der Waals surface area contributed by atoms with E-state index in [-0.39, 0.29) is 0 Å². The Balaban J connectivity index is 0.000000151. The van der Waals surface area contributed by atoms with Gasteiger partial charge in [-0.1, -0.05) is 359 Å². The molecule has 0 atom stereocenters. The Kier molecular flexibility index (Phi) is 21.1. The van der Waals surface area contributed by atoms with Gasteiger partial charge >= 0.3 is 0 Å². The molecule has 0 amide bonds. The highest BCUT2D eigenvalue weighted by molar-refractivity contribution is 9.10. The molecule has 0 unspecified atom stereocenters. The molecule has 0 saturated heterocycles. The molecule has 125 heavy (non-hydrogen) atoms. The van der Waals surface area contributed by atoms with Crippen molar-refractivity contribution in [3.63, 3.8) is 0 Å². The summed E-state index contributed by atoms with van der Waals surface area (Å²) in [5, 5.41) is 7.41. The summed E-state index contributed by atoms with van der Waals surface area (Å²) < 4.78 is 6.93. The average Bonchev–Trinajstić information content (AvgIpc) is 1.60. The van der Waals surface area contributed by atoms with E-state index < -0.39 is 0 Å². The van der Waals surface area contributed by atoms with Crippen LogP contribution in [-0.4, -0.2) is 24.1 Å². The molecule has 0 spiro atoms. The van der Waals surface area contributed by atoms with Crippen LogP contribution in [0.5, 0.6) is 0 Å². The predicted molar refractivity (Wildman–Crippen MR) is 534 cm³/mol. The fourth-order valence-electron chi connectivity index (χ4n) is 17.5. The van der Waals surface area contributed by atoms with E-state index in [2.05, 4.69) is 489 Å². The van der Waals surface area contributed by atoms with Crippen molar-refractivity contribution in [3.8, 4) is 145 Å². The fraction of sp³-hybridized carbons (Fsp3) is 0. The van der Waals surface area contributed by atoms with Gasteiger partial charge in [-0.05, 0) is 235 Å². The van der Waals surface area contributed by atoms with Crippen LogP contribution < -0.4 is 0 Å². The van der Waals surface area contributed by atoms with E-state index in [1.165, 1.54) is 116 Å². The van der Waals surface area contributed by atoms with E-state index >= 15 is 0 Å². The second-order valence-electron chi connectivity index (χ2n) is 31.5. The Morgan fingerprint density at radius 3 is 0.632 bits per heavy atom. The van der Waals surface area contributed by atoms with Gasteiger partial charge < -0.3 is 14.1 Å². The summed E-state index contributed by atoms with van der Waals surface area (Å²) in [7, 11) is 0. The van der Waals surface area contributed by atoms with Gasteiger partial charge in [0.05, 0.1) is 44.8 Å². The molecular weight excluding hydrogens is 1650 g/mol. The first kappa shape index (κ1) is 77.0. The van der Waals surface area contributed by atoms with E-state index in [0.717, 1.165) is 104 Å². The van der Waals surface area contributed by atoms with Gasteiger partial charge in [0.25, 0.3) is 0 Å². The molecule has 1 N–H and O–H groups in total. The number of pyridine rings is 2. The number of nitrogens with zero attached hydrogens (tertiary/aromatic N) is 4. The maximum atomic E-state index is 5.56. The summed E-state index contributed by atoms with van der Waals surface area (Å²) in [6.07, 6.45) is 0.